The Labute approximate surface area is 117 Å². The fourth-order valence-corrected chi connectivity index (χ4v) is 2.30. The van der Waals surface area contributed by atoms with Gasteiger partial charge in [-0.05, 0) is 6.42 Å². The predicted octanol–water partition coefficient (Wildman–Crippen LogP) is -2.55. The summed E-state index contributed by atoms with van der Waals surface area (Å²) in [4.78, 5) is 11.2. The van der Waals surface area contributed by atoms with Crippen molar-refractivity contribution in [2.45, 2.75) is 62.9 Å². The second kappa shape index (κ2) is 6.79. The number of nitrogens with one attached hydrogen (secondary N) is 1. The van der Waals surface area contributed by atoms with Crippen molar-refractivity contribution in [1.29, 1.82) is 0 Å². The molecule has 6 N–H and O–H groups in total. The summed E-state index contributed by atoms with van der Waals surface area (Å²) < 4.78 is 5.35. The Morgan fingerprint density at radius 3 is 2.55 bits per heavy atom. The maximum atomic E-state index is 11.2. The number of carbonyl (C=O) groups excluding carboxylic acids is 1. The van der Waals surface area contributed by atoms with Crippen LogP contribution in [0, 0.1) is 0 Å². The van der Waals surface area contributed by atoms with Crippen LogP contribution in [0.25, 0.3) is 0 Å². The lowest BCUT2D eigenvalue weighted by atomic mass is 9.88. The highest BCUT2D eigenvalue weighted by molar-refractivity contribution is 5.73. The molecule has 1 aliphatic heterocycles. The molecule has 1 amide bonds. The molecule has 1 heterocycles. The smallest absolute Gasteiger partial charge is 0.217 e. The lowest BCUT2D eigenvalue weighted by Gasteiger charge is -2.46. The standard InChI is InChI=1S/C12H23NO7/c1-3-12(19)4-7(16)9(13-6(2)15)11(20-12)10(18)8(17)5-14/h7-11,14,16-19H,3-5H2,1-2H3,(H,13,15)/t7-,8+,9+,10+,11+,12+/m0/s1. The Kier molecular flexibility index (Phi) is 5.87. The Hall–Kier alpha value is -0.770. The van der Waals surface area contributed by atoms with Crippen molar-refractivity contribution in [3.63, 3.8) is 0 Å². The van der Waals surface area contributed by atoms with Gasteiger partial charge in [-0.2, -0.15) is 0 Å². The van der Waals surface area contributed by atoms with Gasteiger partial charge in [-0.3, -0.25) is 4.79 Å². The van der Waals surface area contributed by atoms with E-state index < -0.39 is 48.8 Å². The summed E-state index contributed by atoms with van der Waals surface area (Å²) in [7, 11) is 0. The number of aliphatic hydroxyl groups is 5. The van der Waals surface area contributed by atoms with Crippen LogP contribution in [0.1, 0.15) is 26.7 Å². The van der Waals surface area contributed by atoms with E-state index in [9.17, 15) is 25.2 Å². The largest absolute Gasteiger partial charge is 0.394 e. The zero-order chi connectivity index (χ0) is 15.5. The summed E-state index contributed by atoms with van der Waals surface area (Å²) >= 11 is 0. The van der Waals surface area contributed by atoms with Crippen LogP contribution in [0.15, 0.2) is 0 Å². The lowest BCUT2D eigenvalue weighted by Crippen LogP contribution is -2.65. The first-order valence-corrected chi connectivity index (χ1v) is 6.56. The predicted molar refractivity (Wildman–Crippen MR) is 67.4 cm³/mol. The number of amides is 1. The molecule has 0 aromatic rings. The van der Waals surface area contributed by atoms with Crippen molar-refractivity contribution in [2.75, 3.05) is 6.61 Å². The van der Waals surface area contributed by atoms with Crippen LogP contribution in [0.3, 0.4) is 0 Å². The van der Waals surface area contributed by atoms with Gasteiger partial charge in [0.25, 0.3) is 0 Å². The van der Waals surface area contributed by atoms with Crippen molar-refractivity contribution in [2.24, 2.45) is 0 Å². The number of hydrogen-bond acceptors (Lipinski definition) is 7. The zero-order valence-electron chi connectivity index (χ0n) is 11.6. The SMILES string of the molecule is CC[C@]1(O)C[C@H](O)[C@@H](NC(C)=O)[C@H]([C@H](O)[C@H](O)CO)O1. The van der Waals surface area contributed by atoms with E-state index in [1.54, 1.807) is 6.92 Å². The van der Waals surface area contributed by atoms with E-state index in [1.807, 2.05) is 0 Å². The van der Waals surface area contributed by atoms with Gasteiger partial charge in [-0.1, -0.05) is 6.92 Å². The first-order chi connectivity index (χ1) is 9.24. The number of aliphatic hydroxyl groups excluding tert-OH is 4. The normalized spacial score (nSPS) is 37.2. The minimum Gasteiger partial charge on any atom is -0.394 e. The molecule has 1 saturated heterocycles. The second-order valence-corrected chi connectivity index (χ2v) is 5.12. The van der Waals surface area contributed by atoms with Gasteiger partial charge in [-0.25, -0.2) is 0 Å². The van der Waals surface area contributed by atoms with Crippen LogP contribution >= 0.6 is 0 Å². The minimum atomic E-state index is -1.66. The molecule has 8 nitrogen and oxygen atoms in total. The molecule has 8 heteroatoms. The summed E-state index contributed by atoms with van der Waals surface area (Å²) in [6.07, 6.45) is -5.44. The third kappa shape index (κ3) is 3.87. The maximum Gasteiger partial charge on any atom is 0.217 e. The molecule has 118 valence electrons. The molecule has 0 unspecified atom stereocenters. The fourth-order valence-electron chi connectivity index (χ4n) is 2.30. The molecular weight excluding hydrogens is 270 g/mol. The fraction of sp³-hybridized carbons (Fsp3) is 0.917. The average Bonchev–Trinajstić information content (AvgIpc) is 2.39. The molecule has 0 spiro atoms. The summed E-state index contributed by atoms with van der Waals surface area (Å²) in [5.41, 5.74) is 0. The van der Waals surface area contributed by atoms with Crippen LogP contribution in [0.2, 0.25) is 0 Å². The third-order valence-electron chi connectivity index (χ3n) is 3.49. The van der Waals surface area contributed by atoms with Crippen LogP contribution in [-0.4, -0.2) is 74.3 Å². The average molecular weight is 293 g/mol. The molecular formula is C12H23NO7. The summed E-state index contributed by atoms with van der Waals surface area (Å²) in [5, 5.41) is 50.9. The highest BCUT2D eigenvalue weighted by Crippen LogP contribution is 2.32. The first kappa shape index (κ1) is 17.3. The Morgan fingerprint density at radius 1 is 1.50 bits per heavy atom. The van der Waals surface area contributed by atoms with Gasteiger partial charge < -0.3 is 35.6 Å². The Morgan fingerprint density at radius 2 is 2.10 bits per heavy atom. The molecule has 20 heavy (non-hydrogen) atoms. The second-order valence-electron chi connectivity index (χ2n) is 5.12. The van der Waals surface area contributed by atoms with Crippen LogP contribution in [0.5, 0.6) is 0 Å². The van der Waals surface area contributed by atoms with Crippen LogP contribution in [0.4, 0.5) is 0 Å². The van der Waals surface area contributed by atoms with Crippen LogP contribution < -0.4 is 5.32 Å². The number of ether oxygens (including phenoxy) is 1. The molecule has 6 atom stereocenters. The van der Waals surface area contributed by atoms with Gasteiger partial charge in [0.1, 0.15) is 18.3 Å². The summed E-state index contributed by atoms with van der Waals surface area (Å²) in [5.74, 6) is -2.11. The van der Waals surface area contributed by atoms with E-state index in [2.05, 4.69) is 5.32 Å². The van der Waals surface area contributed by atoms with E-state index in [4.69, 9.17) is 9.84 Å². The van der Waals surface area contributed by atoms with Gasteiger partial charge in [-0.15, -0.1) is 0 Å². The van der Waals surface area contributed by atoms with Gasteiger partial charge in [0.2, 0.25) is 5.91 Å². The zero-order valence-corrected chi connectivity index (χ0v) is 11.6. The summed E-state index contributed by atoms with van der Waals surface area (Å²) in [6, 6.07) is -0.990. The monoisotopic (exact) mass is 293 g/mol. The van der Waals surface area contributed by atoms with Crippen molar-refractivity contribution >= 4 is 5.91 Å². The minimum absolute atomic E-state index is 0.132. The molecule has 1 fully saturated rings. The molecule has 1 aliphatic rings. The molecule has 0 aromatic carbocycles. The van der Waals surface area contributed by atoms with Crippen molar-refractivity contribution in [3.8, 4) is 0 Å². The Balaban J connectivity index is 2.98. The van der Waals surface area contributed by atoms with E-state index in [-0.39, 0.29) is 12.8 Å². The molecule has 0 saturated carbocycles. The quantitative estimate of drug-likeness (QED) is 0.328. The van der Waals surface area contributed by atoms with Crippen molar-refractivity contribution in [3.05, 3.63) is 0 Å². The summed E-state index contributed by atoms with van der Waals surface area (Å²) in [6.45, 7) is 2.16. The van der Waals surface area contributed by atoms with Crippen molar-refractivity contribution < 1.29 is 35.1 Å². The number of rotatable bonds is 5. The molecule has 0 aliphatic carbocycles. The third-order valence-corrected chi connectivity index (χ3v) is 3.49. The number of carbonyl (C=O) groups is 1. The van der Waals surface area contributed by atoms with Crippen molar-refractivity contribution in [1.82, 2.24) is 5.32 Å². The molecule has 1 rings (SSSR count). The lowest BCUT2D eigenvalue weighted by molar-refractivity contribution is -0.302. The Bertz CT molecular complexity index is 340. The molecule has 0 aromatic heterocycles. The van der Waals surface area contributed by atoms with Crippen LogP contribution in [-0.2, 0) is 9.53 Å². The maximum absolute atomic E-state index is 11.2. The van der Waals surface area contributed by atoms with Gasteiger partial charge in [0.05, 0.1) is 18.8 Å². The molecule has 0 bridgehead atoms. The van der Waals surface area contributed by atoms with E-state index in [0.717, 1.165) is 0 Å². The van der Waals surface area contributed by atoms with E-state index >= 15 is 0 Å². The van der Waals surface area contributed by atoms with Gasteiger partial charge >= 0.3 is 0 Å². The van der Waals surface area contributed by atoms with E-state index in [0.29, 0.717) is 0 Å². The number of hydrogen-bond donors (Lipinski definition) is 6. The molecule has 0 radical (unpaired) electrons. The first-order valence-electron chi connectivity index (χ1n) is 6.56. The van der Waals surface area contributed by atoms with E-state index in [1.165, 1.54) is 6.92 Å². The topological polar surface area (TPSA) is 139 Å². The van der Waals surface area contributed by atoms with Gasteiger partial charge in [0.15, 0.2) is 5.79 Å². The highest BCUT2D eigenvalue weighted by Gasteiger charge is 2.49. The highest BCUT2D eigenvalue weighted by atomic mass is 16.6. The van der Waals surface area contributed by atoms with Gasteiger partial charge in [0, 0.05) is 13.3 Å².